The van der Waals surface area contributed by atoms with Gasteiger partial charge >= 0.3 is 0 Å². The molecule has 0 N–H and O–H groups in total. The van der Waals surface area contributed by atoms with E-state index in [9.17, 15) is 14.4 Å². The molecule has 1 fully saturated rings. The van der Waals surface area contributed by atoms with E-state index in [1.54, 1.807) is 24.1 Å². The van der Waals surface area contributed by atoms with Crippen LogP contribution in [0.2, 0.25) is 0 Å². The lowest BCUT2D eigenvalue weighted by Gasteiger charge is -2.32. The third-order valence-electron chi connectivity index (χ3n) is 5.49. The fourth-order valence-corrected chi connectivity index (χ4v) is 3.96. The largest absolute Gasteiger partial charge is 0.344 e. The summed E-state index contributed by atoms with van der Waals surface area (Å²) in [6, 6.07) is 8.93. The van der Waals surface area contributed by atoms with Gasteiger partial charge in [-0.3, -0.25) is 14.4 Å². The van der Waals surface area contributed by atoms with Crippen LogP contribution in [0.25, 0.3) is 10.9 Å². The van der Waals surface area contributed by atoms with Gasteiger partial charge in [-0.15, -0.1) is 0 Å². The van der Waals surface area contributed by atoms with Crippen molar-refractivity contribution in [1.82, 2.24) is 14.4 Å². The highest BCUT2D eigenvalue weighted by Crippen LogP contribution is 2.26. The molecule has 0 radical (unpaired) electrons. The zero-order valence-electron chi connectivity index (χ0n) is 17.4. The summed E-state index contributed by atoms with van der Waals surface area (Å²) in [7, 11) is 1.78. The minimum atomic E-state index is -0.194. The van der Waals surface area contributed by atoms with Crippen LogP contribution < -0.4 is 5.43 Å². The van der Waals surface area contributed by atoms with E-state index in [1.807, 2.05) is 55.4 Å². The van der Waals surface area contributed by atoms with E-state index in [2.05, 4.69) is 0 Å². The summed E-state index contributed by atoms with van der Waals surface area (Å²) in [6.07, 6.45) is 0.481. The lowest BCUT2D eigenvalue weighted by atomic mass is 10.1. The molecule has 2 heterocycles. The van der Waals surface area contributed by atoms with Crippen molar-refractivity contribution < 1.29 is 9.59 Å². The van der Waals surface area contributed by atoms with E-state index < -0.39 is 0 Å². The average molecular weight is 383 g/mol. The minimum Gasteiger partial charge on any atom is -0.344 e. The molecule has 150 valence electrons. The molecule has 1 saturated heterocycles. The summed E-state index contributed by atoms with van der Waals surface area (Å²) < 4.78 is 1.89. The van der Waals surface area contributed by atoms with Gasteiger partial charge in [-0.25, -0.2) is 0 Å². The van der Waals surface area contributed by atoms with E-state index in [1.165, 1.54) is 0 Å². The molecule has 2 amide bonds. The highest BCUT2D eigenvalue weighted by atomic mass is 16.2. The molecule has 6 heteroatoms. The topological polar surface area (TPSA) is 62.6 Å². The van der Waals surface area contributed by atoms with E-state index in [0.717, 1.165) is 11.2 Å². The summed E-state index contributed by atoms with van der Waals surface area (Å²) in [4.78, 5) is 41.0. The van der Waals surface area contributed by atoms with Crippen molar-refractivity contribution in [2.45, 2.75) is 46.2 Å². The van der Waals surface area contributed by atoms with Gasteiger partial charge in [0.2, 0.25) is 11.8 Å². The second-order valence-corrected chi connectivity index (χ2v) is 8.77. The second-order valence-electron chi connectivity index (χ2n) is 8.77. The normalized spacial score (nSPS) is 17.4. The number of hydrogen-bond donors (Lipinski definition) is 0. The van der Waals surface area contributed by atoms with Crippen LogP contribution in [0.4, 0.5) is 0 Å². The standard InChI is InChI=1S/C22H29N3O3/c1-15-10-19(26)17-8-6-7-9-18(17)24(15)14-21(28)23(5)12-16-11-20(27)25(13-16)22(2,3)4/h6-10,16H,11-14H2,1-5H3/t16-/m1/s1. The summed E-state index contributed by atoms with van der Waals surface area (Å²) in [6.45, 7) is 9.35. The Morgan fingerprint density at radius 3 is 2.54 bits per heavy atom. The predicted octanol–water partition coefficient (Wildman–Crippen LogP) is 2.42. The van der Waals surface area contributed by atoms with Gasteiger partial charge in [-0.05, 0) is 39.8 Å². The van der Waals surface area contributed by atoms with Gasteiger partial charge in [0, 0.05) is 55.2 Å². The van der Waals surface area contributed by atoms with E-state index in [0.29, 0.717) is 24.9 Å². The predicted molar refractivity (Wildman–Crippen MR) is 110 cm³/mol. The summed E-state index contributed by atoms with van der Waals surface area (Å²) in [5.74, 6) is 0.270. The highest BCUT2D eigenvalue weighted by molar-refractivity contribution is 5.83. The number of pyridine rings is 1. The number of aromatic nitrogens is 1. The Hall–Kier alpha value is -2.63. The number of para-hydroxylation sites is 1. The van der Waals surface area contributed by atoms with E-state index in [4.69, 9.17) is 0 Å². The van der Waals surface area contributed by atoms with Crippen molar-refractivity contribution in [2.75, 3.05) is 20.1 Å². The minimum absolute atomic E-state index is 0.0291. The van der Waals surface area contributed by atoms with Crippen molar-refractivity contribution in [2.24, 2.45) is 5.92 Å². The molecular weight excluding hydrogens is 354 g/mol. The first kappa shape index (κ1) is 20.1. The molecule has 28 heavy (non-hydrogen) atoms. The van der Waals surface area contributed by atoms with Gasteiger partial charge in [0.15, 0.2) is 5.43 Å². The Balaban J connectivity index is 1.73. The molecule has 3 rings (SSSR count). The second kappa shape index (κ2) is 7.41. The number of carbonyl (C=O) groups is 2. The number of hydrogen-bond acceptors (Lipinski definition) is 3. The number of likely N-dealkylation sites (N-methyl/N-ethyl adjacent to an activating group) is 1. The third-order valence-corrected chi connectivity index (χ3v) is 5.49. The molecule has 6 nitrogen and oxygen atoms in total. The SMILES string of the molecule is Cc1cc(=O)c2ccccc2n1CC(=O)N(C)C[C@H]1CC(=O)N(C(C)(C)C)C1. The van der Waals surface area contributed by atoms with Gasteiger partial charge in [-0.2, -0.15) is 0 Å². The molecule has 2 aromatic rings. The quantitative estimate of drug-likeness (QED) is 0.815. The summed E-state index contributed by atoms with van der Waals surface area (Å²) >= 11 is 0. The van der Waals surface area contributed by atoms with E-state index in [-0.39, 0.29) is 35.2 Å². The van der Waals surface area contributed by atoms with Crippen LogP contribution in [0.3, 0.4) is 0 Å². The fraction of sp³-hybridized carbons (Fsp3) is 0.500. The smallest absolute Gasteiger partial charge is 0.242 e. The average Bonchev–Trinajstić information content (AvgIpc) is 2.99. The highest BCUT2D eigenvalue weighted by Gasteiger charge is 2.36. The zero-order chi connectivity index (χ0) is 20.6. The summed E-state index contributed by atoms with van der Waals surface area (Å²) in [5.41, 5.74) is 1.31. The van der Waals surface area contributed by atoms with Crippen LogP contribution in [-0.2, 0) is 16.1 Å². The van der Waals surface area contributed by atoms with Crippen LogP contribution >= 0.6 is 0 Å². The number of nitrogens with zero attached hydrogens (tertiary/aromatic N) is 3. The maximum atomic E-state index is 12.9. The Kier molecular flexibility index (Phi) is 5.33. The maximum absolute atomic E-state index is 12.9. The lowest BCUT2D eigenvalue weighted by molar-refractivity contribution is -0.132. The van der Waals surface area contributed by atoms with Crippen LogP contribution in [0.1, 0.15) is 32.9 Å². The number of rotatable bonds is 4. The van der Waals surface area contributed by atoms with E-state index >= 15 is 0 Å². The molecule has 0 unspecified atom stereocenters. The first-order chi connectivity index (χ1) is 13.1. The number of likely N-dealkylation sites (tertiary alicyclic amines) is 1. The number of amides is 2. The van der Waals surface area contributed by atoms with Crippen LogP contribution in [-0.4, -0.2) is 51.9 Å². The van der Waals surface area contributed by atoms with Crippen LogP contribution in [0, 0.1) is 12.8 Å². The molecule has 1 aliphatic heterocycles. The van der Waals surface area contributed by atoms with Crippen molar-refractivity contribution in [3.63, 3.8) is 0 Å². The Bertz CT molecular complexity index is 971. The Morgan fingerprint density at radius 2 is 1.89 bits per heavy atom. The first-order valence-electron chi connectivity index (χ1n) is 9.71. The molecule has 1 atom stereocenters. The Labute approximate surface area is 165 Å². The van der Waals surface area contributed by atoms with Crippen LogP contribution in [0.15, 0.2) is 35.1 Å². The number of benzene rings is 1. The molecule has 0 spiro atoms. The molecule has 1 aromatic carbocycles. The molecular formula is C22H29N3O3. The third kappa shape index (κ3) is 3.96. The lowest BCUT2D eigenvalue weighted by Crippen LogP contribution is -2.43. The van der Waals surface area contributed by atoms with Gasteiger partial charge in [0.1, 0.15) is 6.54 Å². The molecule has 1 aliphatic rings. The zero-order valence-corrected chi connectivity index (χ0v) is 17.4. The molecule has 0 saturated carbocycles. The first-order valence-corrected chi connectivity index (χ1v) is 9.71. The van der Waals surface area contributed by atoms with Gasteiger partial charge in [-0.1, -0.05) is 12.1 Å². The summed E-state index contributed by atoms with van der Waals surface area (Å²) in [5, 5.41) is 0.616. The Morgan fingerprint density at radius 1 is 1.21 bits per heavy atom. The number of aryl methyl sites for hydroxylation is 1. The van der Waals surface area contributed by atoms with Crippen molar-refractivity contribution in [3.8, 4) is 0 Å². The van der Waals surface area contributed by atoms with Crippen LogP contribution in [0.5, 0.6) is 0 Å². The molecule has 0 bridgehead atoms. The maximum Gasteiger partial charge on any atom is 0.242 e. The van der Waals surface area contributed by atoms with Crippen molar-refractivity contribution >= 4 is 22.7 Å². The monoisotopic (exact) mass is 383 g/mol. The fourth-order valence-electron chi connectivity index (χ4n) is 3.96. The van der Waals surface area contributed by atoms with Gasteiger partial charge in [0.25, 0.3) is 0 Å². The van der Waals surface area contributed by atoms with Crippen molar-refractivity contribution in [1.29, 1.82) is 0 Å². The number of fused-ring (bicyclic) bond motifs is 1. The van der Waals surface area contributed by atoms with Crippen molar-refractivity contribution in [3.05, 3.63) is 46.2 Å². The van der Waals surface area contributed by atoms with Gasteiger partial charge in [0.05, 0.1) is 5.52 Å². The molecule has 1 aromatic heterocycles. The van der Waals surface area contributed by atoms with Gasteiger partial charge < -0.3 is 14.4 Å². The molecule has 0 aliphatic carbocycles. The number of carbonyl (C=O) groups excluding carboxylic acids is 2.